The van der Waals surface area contributed by atoms with E-state index in [1.54, 1.807) is 36.9 Å². The highest BCUT2D eigenvalue weighted by atomic mass is 19.4. The number of alkyl halides is 6. The smallest absolute Gasteiger partial charge is 0.368 e. The molecule has 3 aromatic rings. The van der Waals surface area contributed by atoms with E-state index in [0.717, 1.165) is 0 Å². The number of nitrogens with zero attached hydrogens (tertiary/aromatic N) is 4. The van der Waals surface area contributed by atoms with E-state index >= 15 is 0 Å². The number of hydrogen-bond acceptors (Lipinski definition) is 5. The predicted molar refractivity (Wildman–Crippen MR) is 111 cm³/mol. The average Bonchev–Trinajstić information content (AvgIpc) is 3.15. The molecule has 0 fully saturated rings. The molecule has 0 unspecified atom stereocenters. The van der Waals surface area contributed by atoms with Crippen LogP contribution in [0.2, 0.25) is 0 Å². The first-order valence-corrected chi connectivity index (χ1v) is 9.77. The number of aryl methyl sites for hydroxylation is 2. The second-order valence-corrected chi connectivity index (χ2v) is 7.11. The summed E-state index contributed by atoms with van der Waals surface area (Å²) in [5, 5.41) is 7.30. The molecule has 1 aromatic carbocycles. The molecule has 182 valence electrons. The molecule has 2 amide bonds. The zero-order valence-electron chi connectivity index (χ0n) is 17.8. The Morgan fingerprint density at radius 1 is 0.941 bits per heavy atom. The van der Waals surface area contributed by atoms with Crippen molar-refractivity contribution < 1.29 is 31.1 Å². The normalized spacial score (nSPS) is 11.9. The van der Waals surface area contributed by atoms with Gasteiger partial charge in [-0.25, -0.2) is 19.7 Å². The van der Waals surface area contributed by atoms with Crippen LogP contribution in [0.5, 0.6) is 0 Å². The lowest BCUT2D eigenvalue weighted by molar-refractivity contribution is -0.143. The molecule has 0 atom stereocenters. The van der Waals surface area contributed by atoms with Gasteiger partial charge in [-0.2, -0.15) is 26.3 Å². The van der Waals surface area contributed by atoms with Crippen molar-refractivity contribution in [3.63, 3.8) is 0 Å². The van der Waals surface area contributed by atoms with Gasteiger partial charge in [0.15, 0.2) is 0 Å². The van der Waals surface area contributed by atoms with Gasteiger partial charge in [-0.1, -0.05) is 0 Å². The highest BCUT2D eigenvalue weighted by molar-refractivity contribution is 5.89. The zero-order valence-corrected chi connectivity index (χ0v) is 17.8. The van der Waals surface area contributed by atoms with Crippen molar-refractivity contribution in [2.75, 3.05) is 23.7 Å². The van der Waals surface area contributed by atoms with Crippen LogP contribution in [0.4, 0.5) is 42.6 Å². The number of amides is 2. The van der Waals surface area contributed by atoms with Gasteiger partial charge in [-0.15, -0.1) is 0 Å². The Hall–Kier alpha value is -3.84. The number of imidazole rings is 1. The molecule has 0 spiro atoms. The summed E-state index contributed by atoms with van der Waals surface area (Å²) in [6, 6.07) is 1.52. The molecule has 0 bridgehead atoms. The van der Waals surface area contributed by atoms with Crippen molar-refractivity contribution in [1.82, 2.24) is 24.8 Å². The molecule has 3 rings (SSSR count). The second kappa shape index (κ2) is 9.57. The van der Waals surface area contributed by atoms with Gasteiger partial charge in [-0.3, -0.25) is 4.57 Å². The molecule has 0 aliphatic carbocycles. The van der Waals surface area contributed by atoms with E-state index in [4.69, 9.17) is 0 Å². The fourth-order valence-electron chi connectivity index (χ4n) is 2.95. The number of carbonyl (C=O) groups is 1. The number of nitrogens with one attached hydrogen (secondary N) is 3. The van der Waals surface area contributed by atoms with E-state index in [-0.39, 0.29) is 19.2 Å². The SMILES string of the molecule is Cc1nc(NCCNC(=O)Nc2cc(C(F)(F)F)cc(C(F)(F)F)c2)cc(-n2ccnc2C)n1. The quantitative estimate of drug-likeness (QED) is 0.350. The first-order chi connectivity index (χ1) is 15.8. The van der Waals surface area contributed by atoms with Crippen LogP contribution in [-0.4, -0.2) is 38.6 Å². The standard InChI is InChI=1S/C20H19F6N7O/c1-11-30-16(10-17(31-11)33-6-5-27-12(33)2)28-3-4-29-18(34)32-15-8-13(19(21,22)23)7-14(9-15)20(24,25)26/h5-10H,3-4H2,1-2H3,(H,28,30,31)(H2,29,32,34). The van der Waals surface area contributed by atoms with Crippen LogP contribution in [0, 0.1) is 13.8 Å². The number of carbonyl (C=O) groups excluding carboxylic acids is 1. The number of hydrogen-bond donors (Lipinski definition) is 3. The first kappa shape index (κ1) is 24.8. The van der Waals surface area contributed by atoms with Crippen LogP contribution in [0.1, 0.15) is 22.8 Å². The minimum Gasteiger partial charge on any atom is -0.368 e. The minimum atomic E-state index is -5.01. The Labute approximate surface area is 189 Å². The van der Waals surface area contributed by atoms with Crippen LogP contribution >= 0.6 is 0 Å². The number of anilines is 2. The fraction of sp³-hybridized carbons (Fsp3) is 0.300. The summed E-state index contributed by atoms with van der Waals surface area (Å²) in [5.74, 6) is 2.21. The number of halogens is 6. The molecule has 0 aliphatic rings. The Balaban J connectivity index is 1.59. The van der Waals surface area contributed by atoms with E-state index in [1.807, 2.05) is 5.32 Å². The third kappa shape index (κ3) is 6.36. The van der Waals surface area contributed by atoms with E-state index in [1.165, 1.54) is 0 Å². The summed E-state index contributed by atoms with van der Waals surface area (Å²) in [5.41, 5.74) is -3.69. The maximum Gasteiger partial charge on any atom is 0.416 e. The summed E-state index contributed by atoms with van der Waals surface area (Å²) < 4.78 is 79.3. The predicted octanol–water partition coefficient (Wildman–Crippen LogP) is 4.55. The van der Waals surface area contributed by atoms with Crippen LogP contribution < -0.4 is 16.0 Å². The lowest BCUT2D eigenvalue weighted by atomic mass is 10.1. The number of benzene rings is 1. The molecule has 2 heterocycles. The summed E-state index contributed by atoms with van der Waals surface area (Å²) in [6.07, 6.45) is -6.68. The van der Waals surface area contributed by atoms with Crippen molar-refractivity contribution >= 4 is 17.5 Å². The molecular weight excluding hydrogens is 468 g/mol. The van der Waals surface area contributed by atoms with E-state index in [0.29, 0.717) is 35.4 Å². The molecule has 34 heavy (non-hydrogen) atoms. The largest absolute Gasteiger partial charge is 0.416 e. The second-order valence-electron chi connectivity index (χ2n) is 7.11. The molecule has 2 aromatic heterocycles. The van der Waals surface area contributed by atoms with Crippen molar-refractivity contribution in [1.29, 1.82) is 0 Å². The van der Waals surface area contributed by atoms with Crippen molar-refractivity contribution in [2.45, 2.75) is 26.2 Å². The van der Waals surface area contributed by atoms with Gasteiger partial charge >= 0.3 is 18.4 Å². The average molecular weight is 487 g/mol. The van der Waals surface area contributed by atoms with E-state index in [2.05, 4.69) is 25.6 Å². The summed E-state index contributed by atoms with van der Waals surface area (Å²) in [4.78, 5) is 24.7. The zero-order chi connectivity index (χ0) is 25.1. The molecule has 0 saturated heterocycles. The molecular formula is C20H19F6N7O. The lowest BCUT2D eigenvalue weighted by Gasteiger charge is -2.15. The van der Waals surface area contributed by atoms with Gasteiger partial charge in [0.2, 0.25) is 0 Å². The van der Waals surface area contributed by atoms with Crippen molar-refractivity contribution in [2.24, 2.45) is 0 Å². The topological polar surface area (TPSA) is 96.8 Å². The van der Waals surface area contributed by atoms with Gasteiger partial charge in [0.25, 0.3) is 0 Å². The van der Waals surface area contributed by atoms with Crippen LogP contribution in [-0.2, 0) is 12.4 Å². The maximum atomic E-state index is 12.9. The summed E-state index contributed by atoms with van der Waals surface area (Å²) in [6.45, 7) is 3.66. The Kier molecular flexibility index (Phi) is 6.98. The molecule has 3 N–H and O–H groups in total. The number of aromatic nitrogens is 4. The molecule has 0 radical (unpaired) electrons. The number of urea groups is 1. The summed E-state index contributed by atoms with van der Waals surface area (Å²) in [7, 11) is 0. The summed E-state index contributed by atoms with van der Waals surface area (Å²) >= 11 is 0. The molecule has 0 aliphatic heterocycles. The first-order valence-electron chi connectivity index (χ1n) is 9.77. The molecule has 0 saturated carbocycles. The van der Waals surface area contributed by atoms with Gasteiger partial charge in [0, 0.05) is 37.2 Å². The van der Waals surface area contributed by atoms with Gasteiger partial charge in [0.05, 0.1) is 11.1 Å². The minimum absolute atomic E-state index is 0.000585. The van der Waals surface area contributed by atoms with Crippen LogP contribution in [0.15, 0.2) is 36.7 Å². The van der Waals surface area contributed by atoms with Gasteiger partial charge < -0.3 is 16.0 Å². The van der Waals surface area contributed by atoms with Gasteiger partial charge in [-0.05, 0) is 32.0 Å². The lowest BCUT2D eigenvalue weighted by Crippen LogP contribution is -2.33. The monoisotopic (exact) mass is 487 g/mol. The highest BCUT2D eigenvalue weighted by Gasteiger charge is 2.37. The Bertz CT molecular complexity index is 1140. The highest BCUT2D eigenvalue weighted by Crippen LogP contribution is 2.37. The molecule has 14 heteroatoms. The third-order valence-electron chi connectivity index (χ3n) is 4.46. The van der Waals surface area contributed by atoms with Crippen molar-refractivity contribution in [3.05, 3.63) is 59.4 Å². The number of rotatable bonds is 6. The Morgan fingerprint density at radius 3 is 2.15 bits per heavy atom. The van der Waals surface area contributed by atoms with Gasteiger partial charge in [0.1, 0.15) is 23.3 Å². The maximum absolute atomic E-state index is 12.9. The van der Waals surface area contributed by atoms with Crippen LogP contribution in [0.3, 0.4) is 0 Å². The van der Waals surface area contributed by atoms with E-state index < -0.39 is 35.2 Å². The third-order valence-corrected chi connectivity index (χ3v) is 4.46. The van der Waals surface area contributed by atoms with Crippen LogP contribution in [0.25, 0.3) is 5.82 Å². The van der Waals surface area contributed by atoms with Crippen molar-refractivity contribution in [3.8, 4) is 5.82 Å². The van der Waals surface area contributed by atoms with E-state index in [9.17, 15) is 31.1 Å². The Morgan fingerprint density at radius 2 is 1.59 bits per heavy atom. The molecule has 8 nitrogen and oxygen atoms in total. The fourth-order valence-corrected chi connectivity index (χ4v) is 2.95.